The van der Waals surface area contributed by atoms with Gasteiger partial charge in [0, 0.05) is 39.3 Å². The maximum Gasteiger partial charge on any atom is 0.230 e. The molecule has 1 aliphatic carbocycles. The quantitative estimate of drug-likeness (QED) is 0.810. The van der Waals surface area contributed by atoms with Gasteiger partial charge in [-0.1, -0.05) is 20.3 Å². The predicted octanol–water partition coefficient (Wildman–Crippen LogP) is 0.916. The number of nitrogens with zero attached hydrogens (tertiary/aromatic N) is 2. The fourth-order valence-corrected chi connectivity index (χ4v) is 3.09. The Morgan fingerprint density at radius 2 is 1.83 bits per heavy atom. The number of carbonyl (C=O) groups excluding carboxylic acids is 1. The molecule has 4 nitrogen and oxygen atoms in total. The molecule has 0 aromatic rings. The van der Waals surface area contributed by atoms with E-state index in [2.05, 4.69) is 18.7 Å². The molecular formula is C14H27N3O. The largest absolute Gasteiger partial charge is 0.340 e. The number of amides is 1. The van der Waals surface area contributed by atoms with Crippen molar-refractivity contribution in [2.75, 3.05) is 39.3 Å². The van der Waals surface area contributed by atoms with Gasteiger partial charge in [-0.05, 0) is 18.8 Å². The Hall–Kier alpha value is -0.610. The van der Waals surface area contributed by atoms with Crippen molar-refractivity contribution in [1.82, 2.24) is 9.80 Å². The third kappa shape index (κ3) is 2.69. The zero-order valence-electron chi connectivity index (χ0n) is 11.8. The van der Waals surface area contributed by atoms with Crippen LogP contribution in [-0.4, -0.2) is 55.0 Å². The molecule has 1 saturated carbocycles. The van der Waals surface area contributed by atoms with E-state index in [0.29, 0.717) is 18.4 Å². The molecule has 0 atom stereocenters. The zero-order chi connectivity index (χ0) is 13.2. The van der Waals surface area contributed by atoms with Gasteiger partial charge in [-0.15, -0.1) is 0 Å². The minimum absolute atomic E-state index is 0.194. The highest BCUT2D eigenvalue weighted by Gasteiger charge is 2.45. The first-order valence-corrected chi connectivity index (χ1v) is 7.29. The maximum atomic E-state index is 12.5. The van der Waals surface area contributed by atoms with Gasteiger partial charge < -0.3 is 10.6 Å². The van der Waals surface area contributed by atoms with Gasteiger partial charge in [-0.3, -0.25) is 9.69 Å². The first kappa shape index (κ1) is 13.8. The number of hydrogen-bond donors (Lipinski definition) is 1. The Labute approximate surface area is 110 Å². The molecule has 18 heavy (non-hydrogen) atoms. The summed E-state index contributed by atoms with van der Waals surface area (Å²) in [6.07, 6.45) is 3.15. The topological polar surface area (TPSA) is 49.6 Å². The summed E-state index contributed by atoms with van der Waals surface area (Å²) in [5, 5.41) is 0. The number of piperazine rings is 1. The second-order valence-electron chi connectivity index (χ2n) is 6.32. The fourth-order valence-electron chi connectivity index (χ4n) is 3.09. The highest BCUT2D eigenvalue weighted by Crippen LogP contribution is 2.41. The highest BCUT2D eigenvalue weighted by atomic mass is 16.2. The van der Waals surface area contributed by atoms with Crippen LogP contribution < -0.4 is 5.73 Å². The Kier molecular flexibility index (Phi) is 4.28. The molecule has 0 bridgehead atoms. The minimum atomic E-state index is -0.194. The molecule has 0 spiro atoms. The van der Waals surface area contributed by atoms with E-state index in [-0.39, 0.29) is 5.41 Å². The molecule has 0 unspecified atom stereocenters. The van der Waals surface area contributed by atoms with Crippen molar-refractivity contribution >= 4 is 5.91 Å². The van der Waals surface area contributed by atoms with Gasteiger partial charge in [-0.2, -0.15) is 0 Å². The Morgan fingerprint density at radius 3 is 2.22 bits per heavy atom. The first-order valence-electron chi connectivity index (χ1n) is 7.29. The zero-order valence-corrected chi connectivity index (χ0v) is 11.8. The molecule has 1 aliphatic heterocycles. The molecule has 0 aromatic heterocycles. The van der Waals surface area contributed by atoms with Gasteiger partial charge in [0.15, 0.2) is 0 Å². The van der Waals surface area contributed by atoms with Crippen molar-refractivity contribution < 1.29 is 4.79 Å². The van der Waals surface area contributed by atoms with Crippen LogP contribution in [0.2, 0.25) is 0 Å². The van der Waals surface area contributed by atoms with Crippen molar-refractivity contribution in [2.45, 2.75) is 33.1 Å². The van der Waals surface area contributed by atoms with Crippen LogP contribution in [0, 0.1) is 11.3 Å². The van der Waals surface area contributed by atoms with E-state index in [1.165, 1.54) is 0 Å². The monoisotopic (exact) mass is 253 g/mol. The normalized spacial score (nSPS) is 24.1. The smallest absolute Gasteiger partial charge is 0.230 e. The van der Waals surface area contributed by atoms with Crippen LogP contribution in [0.1, 0.15) is 33.1 Å². The molecule has 1 saturated heterocycles. The van der Waals surface area contributed by atoms with E-state index in [1.54, 1.807) is 0 Å². The molecule has 1 heterocycles. The molecule has 4 heteroatoms. The molecule has 2 rings (SSSR count). The molecule has 2 aliphatic rings. The standard InChI is InChI=1S/C14H27N3O/c1-12(2)10-16-6-8-17(9-7-16)13(18)14(11-15)4-3-5-14/h12H,3-11,15H2,1-2H3. The Morgan fingerprint density at radius 1 is 1.22 bits per heavy atom. The van der Waals surface area contributed by atoms with Crippen LogP contribution in [0.4, 0.5) is 0 Å². The highest BCUT2D eigenvalue weighted by molar-refractivity contribution is 5.84. The predicted molar refractivity (Wildman–Crippen MR) is 73.2 cm³/mol. The number of carbonyl (C=O) groups is 1. The summed E-state index contributed by atoms with van der Waals surface area (Å²) in [4.78, 5) is 17.0. The van der Waals surface area contributed by atoms with Crippen LogP contribution in [0.25, 0.3) is 0 Å². The number of rotatable bonds is 4. The van der Waals surface area contributed by atoms with Crippen LogP contribution in [0.5, 0.6) is 0 Å². The van der Waals surface area contributed by atoms with Gasteiger partial charge >= 0.3 is 0 Å². The average Bonchev–Trinajstić information content (AvgIpc) is 2.28. The summed E-state index contributed by atoms with van der Waals surface area (Å²) < 4.78 is 0. The second-order valence-corrected chi connectivity index (χ2v) is 6.32. The van der Waals surface area contributed by atoms with Crippen molar-refractivity contribution in [3.05, 3.63) is 0 Å². The summed E-state index contributed by atoms with van der Waals surface area (Å²) in [6, 6.07) is 0. The average molecular weight is 253 g/mol. The maximum absolute atomic E-state index is 12.5. The SMILES string of the molecule is CC(C)CN1CCN(C(=O)C2(CN)CCC2)CC1. The second kappa shape index (κ2) is 5.57. The summed E-state index contributed by atoms with van der Waals surface area (Å²) in [7, 11) is 0. The molecule has 1 amide bonds. The van der Waals surface area contributed by atoms with E-state index >= 15 is 0 Å². The minimum Gasteiger partial charge on any atom is -0.340 e. The lowest BCUT2D eigenvalue weighted by Crippen LogP contribution is -2.57. The molecule has 2 fully saturated rings. The lowest BCUT2D eigenvalue weighted by Gasteiger charge is -2.45. The van der Waals surface area contributed by atoms with Gasteiger partial charge in [0.25, 0.3) is 0 Å². The van der Waals surface area contributed by atoms with E-state index < -0.39 is 0 Å². The van der Waals surface area contributed by atoms with E-state index in [9.17, 15) is 4.79 Å². The van der Waals surface area contributed by atoms with Gasteiger partial charge in [0.2, 0.25) is 5.91 Å². The van der Waals surface area contributed by atoms with Crippen molar-refractivity contribution in [1.29, 1.82) is 0 Å². The van der Waals surface area contributed by atoms with Crippen LogP contribution >= 0.6 is 0 Å². The van der Waals surface area contributed by atoms with Crippen LogP contribution in [-0.2, 0) is 4.79 Å². The molecule has 104 valence electrons. The lowest BCUT2D eigenvalue weighted by atomic mass is 9.67. The van der Waals surface area contributed by atoms with Crippen LogP contribution in [0.15, 0.2) is 0 Å². The Balaban J connectivity index is 1.84. The van der Waals surface area contributed by atoms with E-state index in [4.69, 9.17) is 5.73 Å². The fraction of sp³-hybridized carbons (Fsp3) is 0.929. The van der Waals surface area contributed by atoms with Crippen LogP contribution in [0.3, 0.4) is 0 Å². The van der Waals surface area contributed by atoms with Crippen molar-refractivity contribution in [3.63, 3.8) is 0 Å². The third-order valence-corrected chi connectivity index (χ3v) is 4.44. The summed E-state index contributed by atoms with van der Waals surface area (Å²) in [5.74, 6) is 1.02. The van der Waals surface area contributed by atoms with Gasteiger partial charge in [0.1, 0.15) is 0 Å². The number of nitrogens with two attached hydrogens (primary N) is 1. The molecular weight excluding hydrogens is 226 g/mol. The molecule has 0 radical (unpaired) electrons. The van der Waals surface area contributed by atoms with Crippen molar-refractivity contribution in [3.8, 4) is 0 Å². The number of hydrogen-bond acceptors (Lipinski definition) is 3. The summed E-state index contributed by atoms with van der Waals surface area (Å²) >= 11 is 0. The van der Waals surface area contributed by atoms with Crippen molar-refractivity contribution in [2.24, 2.45) is 17.1 Å². The first-order chi connectivity index (χ1) is 8.57. The lowest BCUT2D eigenvalue weighted by molar-refractivity contribution is -0.148. The summed E-state index contributed by atoms with van der Waals surface area (Å²) in [5.41, 5.74) is 5.62. The van der Waals surface area contributed by atoms with E-state index in [1.807, 2.05) is 4.90 Å². The van der Waals surface area contributed by atoms with E-state index in [0.717, 1.165) is 52.0 Å². The van der Waals surface area contributed by atoms with Gasteiger partial charge in [0.05, 0.1) is 5.41 Å². The molecule has 0 aromatic carbocycles. The summed E-state index contributed by atoms with van der Waals surface area (Å²) in [6.45, 7) is 9.96. The Bertz CT molecular complexity index is 286. The molecule has 2 N–H and O–H groups in total. The van der Waals surface area contributed by atoms with Gasteiger partial charge in [-0.25, -0.2) is 0 Å². The third-order valence-electron chi connectivity index (χ3n) is 4.44.